The number of hydrogen-bond acceptors (Lipinski definition) is 5. The topological polar surface area (TPSA) is 89.3 Å². The number of carbonyl (C=O) groups excluding carboxylic acids is 1. The van der Waals surface area contributed by atoms with E-state index in [0.717, 1.165) is 16.8 Å². The lowest BCUT2D eigenvalue weighted by atomic mass is 10.0. The first-order valence-corrected chi connectivity index (χ1v) is 8.68. The SMILES string of the molecule is C#CC1CC(=O)Nc2cccc(-c3cnc(N)c(OCC4CC4)c3)c2N1. The molecule has 0 spiro atoms. The molecule has 132 valence electrons. The van der Waals surface area contributed by atoms with E-state index in [-0.39, 0.29) is 18.4 Å². The molecule has 4 rings (SSSR count). The van der Waals surface area contributed by atoms with Crippen LogP contribution in [-0.4, -0.2) is 23.5 Å². The molecule has 1 atom stereocenters. The van der Waals surface area contributed by atoms with Crippen LogP contribution in [0.5, 0.6) is 5.75 Å². The summed E-state index contributed by atoms with van der Waals surface area (Å²) in [5, 5.41) is 6.18. The standard InChI is InChI=1S/C20H20N4O2/c1-2-14-9-18(25)24-16-5-3-4-15(19(16)23-14)13-8-17(20(21)22-10-13)26-11-12-6-7-12/h1,3-5,8,10,12,14,23H,6-7,9,11H2,(H2,21,22)(H,24,25). The van der Waals surface area contributed by atoms with Crippen molar-refractivity contribution in [1.82, 2.24) is 4.98 Å². The summed E-state index contributed by atoms with van der Waals surface area (Å²) < 4.78 is 5.84. The van der Waals surface area contributed by atoms with E-state index in [1.807, 2.05) is 24.3 Å². The van der Waals surface area contributed by atoms with E-state index >= 15 is 0 Å². The third-order valence-corrected chi connectivity index (χ3v) is 4.61. The highest BCUT2D eigenvalue weighted by Crippen LogP contribution is 2.38. The van der Waals surface area contributed by atoms with Gasteiger partial charge in [0, 0.05) is 17.3 Å². The molecule has 26 heavy (non-hydrogen) atoms. The summed E-state index contributed by atoms with van der Waals surface area (Å²) in [7, 11) is 0. The molecule has 6 heteroatoms. The lowest BCUT2D eigenvalue weighted by molar-refractivity contribution is -0.116. The Morgan fingerprint density at radius 2 is 2.23 bits per heavy atom. The average Bonchev–Trinajstić information content (AvgIpc) is 3.46. The Bertz CT molecular complexity index is 899. The molecule has 1 aliphatic heterocycles. The fourth-order valence-electron chi connectivity index (χ4n) is 2.98. The highest BCUT2D eigenvalue weighted by Gasteiger charge is 2.24. The zero-order chi connectivity index (χ0) is 18.1. The van der Waals surface area contributed by atoms with Crippen molar-refractivity contribution in [1.29, 1.82) is 0 Å². The Hall–Kier alpha value is -3.20. The summed E-state index contributed by atoms with van der Waals surface area (Å²) in [5.41, 5.74) is 9.17. The molecule has 1 saturated carbocycles. The number of fused-ring (bicyclic) bond motifs is 1. The lowest BCUT2D eigenvalue weighted by Crippen LogP contribution is -2.20. The van der Waals surface area contributed by atoms with Crippen molar-refractivity contribution in [2.75, 3.05) is 23.0 Å². The van der Waals surface area contributed by atoms with Gasteiger partial charge < -0.3 is 21.1 Å². The van der Waals surface area contributed by atoms with Gasteiger partial charge in [-0.2, -0.15) is 0 Å². The van der Waals surface area contributed by atoms with Crippen LogP contribution in [0.1, 0.15) is 19.3 Å². The van der Waals surface area contributed by atoms with E-state index in [1.54, 1.807) is 6.20 Å². The molecular formula is C20H20N4O2. The molecule has 1 amide bonds. The Labute approximate surface area is 152 Å². The second-order valence-corrected chi connectivity index (χ2v) is 6.71. The number of pyridine rings is 1. The Morgan fingerprint density at radius 1 is 1.38 bits per heavy atom. The molecule has 1 aromatic carbocycles. The summed E-state index contributed by atoms with van der Waals surface area (Å²) in [6, 6.07) is 7.20. The van der Waals surface area contributed by atoms with Crippen LogP contribution in [0.25, 0.3) is 11.1 Å². The molecule has 6 nitrogen and oxygen atoms in total. The van der Waals surface area contributed by atoms with Gasteiger partial charge in [0.15, 0.2) is 11.6 Å². The highest BCUT2D eigenvalue weighted by atomic mass is 16.5. The minimum absolute atomic E-state index is 0.111. The normalized spacial score (nSPS) is 18.7. The molecule has 4 N–H and O–H groups in total. The van der Waals surface area contributed by atoms with Gasteiger partial charge >= 0.3 is 0 Å². The molecule has 1 unspecified atom stereocenters. The second-order valence-electron chi connectivity index (χ2n) is 6.71. The van der Waals surface area contributed by atoms with Crippen LogP contribution in [0.15, 0.2) is 30.5 Å². The predicted octanol–water partition coefficient (Wildman–Crippen LogP) is 2.88. The molecule has 2 heterocycles. The van der Waals surface area contributed by atoms with E-state index in [4.69, 9.17) is 16.9 Å². The number of amides is 1. The third kappa shape index (κ3) is 3.29. The summed E-state index contributed by atoms with van der Waals surface area (Å²) >= 11 is 0. The first-order chi connectivity index (χ1) is 12.6. The van der Waals surface area contributed by atoms with Crippen molar-refractivity contribution in [3.05, 3.63) is 30.5 Å². The number of rotatable bonds is 4. The van der Waals surface area contributed by atoms with Gasteiger partial charge in [0.1, 0.15) is 0 Å². The molecule has 1 aliphatic carbocycles. The van der Waals surface area contributed by atoms with E-state index in [9.17, 15) is 4.79 Å². The minimum Gasteiger partial charge on any atom is -0.489 e. The number of nitrogens with zero attached hydrogens (tertiary/aromatic N) is 1. The first kappa shape index (κ1) is 16.3. The van der Waals surface area contributed by atoms with Gasteiger partial charge in [0.2, 0.25) is 5.91 Å². The van der Waals surface area contributed by atoms with Crippen molar-refractivity contribution in [3.63, 3.8) is 0 Å². The summed E-state index contributed by atoms with van der Waals surface area (Å²) in [6.45, 7) is 0.662. The quantitative estimate of drug-likeness (QED) is 0.739. The predicted molar refractivity (Wildman–Crippen MR) is 102 cm³/mol. The number of nitrogen functional groups attached to an aromatic ring is 1. The number of hydrogen-bond donors (Lipinski definition) is 3. The van der Waals surface area contributed by atoms with Crippen LogP contribution >= 0.6 is 0 Å². The zero-order valence-electron chi connectivity index (χ0n) is 14.3. The molecule has 0 saturated heterocycles. The van der Waals surface area contributed by atoms with Crippen LogP contribution in [-0.2, 0) is 4.79 Å². The van der Waals surface area contributed by atoms with Gasteiger partial charge in [-0.3, -0.25) is 4.79 Å². The molecule has 2 aromatic rings. The van der Waals surface area contributed by atoms with E-state index in [0.29, 0.717) is 29.8 Å². The van der Waals surface area contributed by atoms with Crippen molar-refractivity contribution < 1.29 is 9.53 Å². The maximum absolute atomic E-state index is 12.0. The number of para-hydroxylation sites is 1. The number of ether oxygens (including phenoxy) is 1. The number of anilines is 3. The van der Waals surface area contributed by atoms with Crippen LogP contribution in [0, 0.1) is 18.3 Å². The number of benzene rings is 1. The molecule has 0 bridgehead atoms. The Balaban J connectivity index is 1.72. The Kier molecular flexibility index (Phi) is 4.13. The number of carbonyl (C=O) groups is 1. The molecular weight excluding hydrogens is 328 g/mol. The average molecular weight is 348 g/mol. The summed E-state index contributed by atoms with van der Waals surface area (Å²) in [6.07, 6.45) is 9.89. The fourth-order valence-corrected chi connectivity index (χ4v) is 2.98. The van der Waals surface area contributed by atoms with Gasteiger partial charge in [-0.15, -0.1) is 6.42 Å². The van der Waals surface area contributed by atoms with Crippen molar-refractivity contribution in [2.24, 2.45) is 5.92 Å². The van der Waals surface area contributed by atoms with E-state index < -0.39 is 0 Å². The third-order valence-electron chi connectivity index (χ3n) is 4.61. The van der Waals surface area contributed by atoms with Crippen molar-refractivity contribution in [3.8, 4) is 29.2 Å². The van der Waals surface area contributed by atoms with Crippen molar-refractivity contribution in [2.45, 2.75) is 25.3 Å². The second kappa shape index (κ2) is 6.60. The molecule has 2 aliphatic rings. The van der Waals surface area contributed by atoms with Crippen LogP contribution in [0.3, 0.4) is 0 Å². The zero-order valence-corrected chi connectivity index (χ0v) is 14.3. The number of terminal acetylenes is 1. The van der Waals surface area contributed by atoms with Crippen LogP contribution in [0.2, 0.25) is 0 Å². The smallest absolute Gasteiger partial charge is 0.227 e. The van der Waals surface area contributed by atoms with E-state index in [1.165, 1.54) is 12.8 Å². The first-order valence-electron chi connectivity index (χ1n) is 8.68. The van der Waals surface area contributed by atoms with Gasteiger partial charge in [-0.25, -0.2) is 4.98 Å². The molecule has 1 fully saturated rings. The summed E-state index contributed by atoms with van der Waals surface area (Å²) in [5.74, 6) is 4.09. The highest BCUT2D eigenvalue weighted by molar-refractivity contribution is 6.00. The summed E-state index contributed by atoms with van der Waals surface area (Å²) in [4.78, 5) is 16.3. The van der Waals surface area contributed by atoms with Crippen LogP contribution in [0.4, 0.5) is 17.2 Å². The Morgan fingerprint density at radius 3 is 3.00 bits per heavy atom. The molecule has 0 radical (unpaired) electrons. The van der Waals surface area contributed by atoms with Gasteiger partial charge in [0.25, 0.3) is 0 Å². The minimum atomic E-state index is -0.371. The van der Waals surface area contributed by atoms with Crippen molar-refractivity contribution >= 4 is 23.1 Å². The number of nitrogens with two attached hydrogens (primary N) is 1. The monoisotopic (exact) mass is 348 g/mol. The molecule has 1 aromatic heterocycles. The maximum Gasteiger partial charge on any atom is 0.227 e. The number of nitrogens with one attached hydrogen (secondary N) is 2. The van der Waals surface area contributed by atoms with Gasteiger partial charge in [-0.1, -0.05) is 18.1 Å². The lowest BCUT2D eigenvalue weighted by Gasteiger charge is -2.17. The van der Waals surface area contributed by atoms with Crippen LogP contribution < -0.4 is 21.1 Å². The maximum atomic E-state index is 12.0. The fraction of sp³-hybridized carbons (Fsp3) is 0.300. The van der Waals surface area contributed by atoms with E-state index in [2.05, 4.69) is 21.5 Å². The van der Waals surface area contributed by atoms with Gasteiger partial charge in [-0.05, 0) is 30.9 Å². The number of aromatic nitrogens is 1. The largest absolute Gasteiger partial charge is 0.489 e. The van der Waals surface area contributed by atoms with Gasteiger partial charge in [0.05, 0.1) is 30.4 Å².